The molecule has 10 nitrogen and oxygen atoms in total. The van der Waals surface area contributed by atoms with Crippen LogP contribution in [0.1, 0.15) is 15.9 Å². The minimum Gasteiger partial charge on any atom is -0.493 e. The molecule has 5 rings (SSSR count). The maximum Gasteiger partial charge on any atom is 0.255 e. The van der Waals surface area contributed by atoms with E-state index in [2.05, 4.69) is 15.4 Å². The first-order valence-corrected chi connectivity index (χ1v) is 13.5. The fourth-order valence-electron chi connectivity index (χ4n) is 5.21. The molecule has 1 aromatic heterocycles. The van der Waals surface area contributed by atoms with Crippen LogP contribution >= 0.6 is 0 Å². The van der Waals surface area contributed by atoms with E-state index < -0.39 is 29.0 Å². The number of benzene rings is 3. The Morgan fingerprint density at radius 2 is 1.70 bits per heavy atom. The lowest BCUT2D eigenvalue weighted by Crippen LogP contribution is -2.52. The highest BCUT2D eigenvalue weighted by Crippen LogP contribution is 2.31. The third kappa shape index (κ3) is 6.73. The number of nitrogens with zero attached hydrogens (tertiary/aromatic N) is 5. The van der Waals surface area contributed by atoms with E-state index in [0.29, 0.717) is 54.6 Å². The Morgan fingerprint density at radius 1 is 0.930 bits per heavy atom. The number of anilines is 2. The summed E-state index contributed by atoms with van der Waals surface area (Å²) < 4.78 is 55.4. The zero-order valence-corrected chi connectivity index (χ0v) is 23.6. The van der Waals surface area contributed by atoms with Crippen molar-refractivity contribution in [2.75, 3.05) is 57.2 Å². The highest BCUT2D eigenvalue weighted by Gasteiger charge is 2.36. The SMILES string of the molecule is COc1ccc(C(=O)Nc2ccc(N3CCN(CC(O)(Cn4cncn4)c4ccc(F)cc4F)CC3)c(F)c2)cc1OC. The summed E-state index contributed by atoms with van der Waals surface area (Å²) in [6.07, 6.45) is 2.72. The summed E-state index contributed by atoms with van der Waals surface area (Å²) in [5.74, 6) is -1.66. The van der Waals surface area contributed by atoms with Gasteiger partial charge in [0.15, 0.2) is 11.5 Å². The Morgan fingerprint density at radius 3 is 2.35 bits per heavy atom. The van der Waals surface area contributed by atoms with E-state index in [4.69, 9.17) is 9.47 Å². The van der Waals surface area contributed by atoms with E-state index in [1.807, 2.05) is 9.80 Å². The molecule has 1 aliphatic rings. The Hall–Kier alpha value is -4.62. The number of aromatic nitrogens is 3. The van der Waals surface area contributed by atoms with Crippen LogP contribution in [0.5, 0.6) is 11.5 Å². The van der Waals surface area contributed by atoms with Gasteiger partial charge in [-0.1, -0.05) is 6.07 Å². The maximum absolute atomic E-state index is 15.2. The molecule has 1 amide bonds. The number of carbonyl (C=O) groups is 1. The van der Waals surface area contributed by atoms with Crippen molar-refractivity contribution in [1.29, 1.82) is 0 Å². The number of hydrogen-bond donors (Lipinski definition) is 2. The summed E-state index contributed by atoms with van der Waals surface area (Å²) in [5, 5.41) is 18.4. The number of carbonyl (C=O) groups excluding carboxylic acids is 1. The number of methoxy groups -OCH3 is 2. The van der Waals surface area contributed by atoms with Gasteiger partial charge in [0.1, 0.15) is 35.7 Å². The number of halogens is 3. The van der Waals surface area contributed by atoms with Gasteiger partial charge in [0, 0.05) is 55.6 Å². The molecule has 1 atom stereocenters. The largest absolute Gasteiger partial charge is 0.493 e. The number of rotatable bonds is 10. The summed E-state index contributed by atoms with van der Waals surface area (Å²) in [7, 11) is 2.97. The van der Waals surface area contributed by atoms with E-state index in [0.717, 1.165) is 12.1 Å². The Balaban J connectivity index is 1.24. The second kappa shape index (κ2) is 12.7. The first kappa shape index (κ1) is 29.9. The molecule has 1 unspecified atom stereocenters. The van der Waals surface area contributed by atoms with Gasteiger partial charge in [-0.3, -0.25) is 9.69 Å². The number of aliphatic hydroxyl groups is 1. The van der Waals surface area contributed by atoms with Crippen LogP contribution in [0.3, 0.4) is 0 Å². The average molecular weight is 597 g/mol. The topological polar surface area (TPSA) is 105 Å². The summed E-state index contributed by atoms with van der Waals surface area (Å²) >= 11 is 0. The molecule has 0 aliphatic carbocycles. The second-order valence-electron chi connectivity index (χ2n) is 10.2. The number of hydrogen-bond acceptors (Lipinski definition) is 8. The number of β-amino-alcohol motifs (C(OH)–C–C–N with tert-alkyl or cyclic N) is 1. The van der Waals surface area contributed by atoms with Crippen molar-refractivity contribution in [3.63, 3.8) is 0 Å². The molecule has 226 valence electrons. The van der Waals surface area contributed by atoms with Crippen molar-refractivity contribution in [1.82, 2.24) is 19.7 Å². The fraction of sp³-hybridized carbons (Fsp3) is 0.300. The van der Waals surface area contributed by atoms with Crippen LogP contribution in [0.25, 0.3) is 0 Å². The normalized spacial score (nSPS) is 15.2. The number of nitrogens with one attached hydrogen (secondary N) is 1. The molecule has 2 N–H and O–H groups in total. The first-order chi connectivity index (χ1) is 20.7. The molecular weight excluding hydrogens is 565 g/mol. The zero-order chi connectivity index (χ0) is 30.6. The Bertz CT molecular complexity index is 1580. The van der Waals surface area contributed by atoms with Gasteiger partial charge in [-0.25, -0.2) is 22.8 Å². The van der Waals surface area contributed by atoms with E-state index in [9.17, 15) is 18.7 Å². The quantitative estimate of drug-likeness (QED) is 0.286. The monoisotopic (exact) mass is 596 g/mol. The zero-order valence-electron chi connectivity index (χ0n) is 23.6. The minimum absolute atomic E-state index is 0.0346. The molecule has 3 aromatic carbocycles. The molecule has 0 bridgehead atoms. The molecule has 1 fully saturated rings. The lowest BCUT2D eigenvalue weighted by atomic mass is 9.92. The van der Waals surface area contributed by atoms with Gasteiger partial charge in [-0.15, -0.1) is 0 Å². The molecule has 13 heteroatoms. The average Bonchev–Trinajstić information content (AvgIpc) is 3.50. The van der Waals surface area contributed by atoms with E-state index in [1.54, 1.807) is 24.3 Å². The number of amides is 1. The lowest BCUT2D eigenvalue weighted by Gasteiger charge is -2.40. The van der Waals surface area contributed by atoms with Crippen LogP contribution in [0, 0.1) is 17.5 Å². The van der Waals surface area contributed by atoms with Crippen molar-refractivity contribution in [2.24, 2.45) is 0 Å². The molecular formula is C30H31F3N6O4. The molecule has 1 saturated heterocycles. The number of piperazine rings is 1. The van der Waals surface area contributed by atoms with E-state index in [-0.39, 0.29) is 18.7 Å². The van der Waals surface area contributed by atoms with Crippen LogP contribution in [0.2, 0.25) is 0 Å². The summed E-state index contributed by atoms with van der Waals surface area (Å²) in [6, 6.07) is 12.3. The summed E-state index contributed by atoms with van der Waals surface area (Å²) in [5.41, 5.74) is -0.802. The predicted molar refractivity (Wildman–Crippen MR) is 153 cm³/mol. The molecule has 2 heterocycles. The van der Waals surface area contributed by atoms with Crippen molar-refractivity contribution < 1.29 is 32.5 Å². The summed E-state index contributed by atoms with van der Waals surface area (Å²) in [6.45, 7) is 1.69. The van der Waals surface area contributed by atoms with Crippen LogP contribution < -0.4 is 19.7 Å². The van der Waals surface area contributed by atoms with Gasteiger partial charge >= 0.3 is 0 Å². The third-order valence-corrected chi connectivity index (χ3v) is 7.37. The minimum atomic E-state index is -1.73. The lowest BCUT2D eigenvalue weighted by molar-refractivity contribution is -0.0227. The standard InChI is InChI=1S/C30H31F3N6O4/c1-42-27-8-3-20(13-28(27)43-2)29(40)36-22-5-7-26(25(33)15-22)38-11-9-37(10-12-38)16-30(41,17-39-19-34-18-35-39)23-6-4-21(31)14-24(23)32/h3-8,13-15,18-19,41H,9-12,16-17H2,1-2H3,(H,36,40). The Kier molecular flexibility index (Phi) is 8.83. The molecule has 43 heavy (non-hydrogen) atoms. The van der Waals surface area contributed by atoms with Crippen molar-refractivity contribution in [3.05, 3.63) is 95.8 Å². The van der Waals surface area contributed by atoms with Gasteiger partial charge in [0.2, 0.25) is 0 Å². The Labute approximate surface area is 246 Å². The third-order valence-electron chi connectivity index (χ3n) is 7.37. The number of ether oxygens (including phenoxy) is 2. The van der Waals surface area contributed by atoms with Crippen LogP contribution in [0.4, 0.5) is 24.5 Å². The van der Waals surface area contributed by atoms with Crippen molar-refractivity contribution in [3.8, 4) is 11.5 Å². The van der Waals surface area contributed by atoms with Gasteiger partial charge in [0.25, 0.3) is 5.91 Å². The highest BCUT2D eigenvalue weighted by molar-refractivity contribution is 6.04. The highest BCUT2D eigenvalue weighted by atomic mass is 19.1. The molecule has 1 aliphatic heterocycles. The molecule has 0 saturated carbocycles. The van der Waals surface area contributed by atoms with Crippen molar-refractivity contribution in [2.45, 2.75) is 12.1 Å². The summed E-state index contributed by atoms with van der Waals surface area (Å²) in [4.78, 5) is 20.4. The van der Waals surface area contributed by atoms with Crippen LogP contribution in [-0.2, 0) is 12.1 Å². The van der Waals surface area contributed by atoms with Gasteiger partial charge in [0.05, 0.1) is 26.5 Å². The van der Waals surface area contributed by atoms with Gasteiger partial charge < -0.3 is 24.8 Å². The van der Waals surface area contributed by atoms with Crippen LogP contribution in [0.15, 0.2) is 67.3 Å². The molecule has 4 aromatic rings. The fourth-order valence-corrected chi connectivity index (χ4v) is 5.21. The molecule has 0 radical (unpaired) electrons. The molecule has 0 spiro atoms. The van der Waals surface area contributed by atoms with Gasteiger partial charge in [-0.05, 0) is 42.5 Å². The predicted octanol–water partition coefficient (Wildman–Crippen LogP) is 3.67. The van der Waals surface area contributed by atoms with E-state index >= 15 is 4.39 Å². The van der Waals surface area contributed by atoms with Gasteiger partial charge in [-0.2, -0.15) is 5.10 Å². The smallest absolute Gasteiger partial charge is 0.255 e. The maximum atomic E-state index is 15.2. The van der Waals surface area contributed by atoms with Crippen molar-refractivity contribution >= 4 is 17.3 Å². The van der Waals surface area contributed by atoms with Crippen LogP contribution in [-0.4, -0.2) is 77.6 Å². The van der Waals surface area contributed by atoms with E-state index in [1.165, 1.54) is 49.8 Å². The first-order valence-electron chi connectivity index (χ1n) is 13.5. The second-order valence-corrected chi connectivity index (χ2v) is 10.2.